The van der Waals surface area contributed by atoms with Crippen molar-refractivity contribution < 1.29 is 5.11 Å². The van der Waals surface area contributed by atoms with Crippen LogP contribution in [-0.4, -0.2) is 10.8 Å². The molecule has 0 fully saturated rings. The average Bonchev–Trinajstić information content (AvgIpc) is 2.70. The van der Waals surface area contributed by atoms with Gasteiger partial charge in [0.1, 0.15) is 5.75 Å². The van der Waals surface area contributed by atoms with Gasteiger partial charge in [0.25, 0.3) is 0 Å². The Morgan fingerprint density at radius 3 is 2.40 bits per heavy atom. The molecule has 2 nitrogen and oxygen atoms in total. The molecule has 0 saturated carbocycles. The van der Waals surface area contributed by atoms with Crippen molar-refractivity contribution in [3.63, 3.8) is 0 Å². The van der Waals surface area contributed by atoms with E-state index < -0.39 is 0 Å². The van der Waals surface area contributed by atoms with Gasteiger partial charge in [-0.15, -0.1) is 0 Å². The number of fused-ring (bicyclic) bond motifs is 1. The van der Waals surface area contributed by atoms with Gasteiger partial charge in [0.2, 0.25) is 0 Å². The molecular formula is C18H17NO. The van der Waals surface area contributed by atoms with Crippen molar-refractivity contribution in [3.8, 4) is 5.75 Å². The van der Waals surface area contributed by atoms with E-state index in [0.29, 0.717) is 0 Å². The van der Waals surface area contributed by atoms with Crippen LogP contribution in [0.5, 0.6) is 5.75 Å². The van der Waals surface area contributed by atoms with E-state index in [0.717, 1.165) is 17.0 Å². The highest BCUT2D eigenvalue weighted by atomic mass is 16.3. The maximum absolute atomic E-state index is 9.80. The van der Waals surface area contributed by atoms with Crippen LogP contribution in [0.1, 0.15) is 25.0 Å². The minimum atomic E-state index is -0.0997. The van der Waals surface area contributed by atoms with Crippen molar-refractivity contribution in [1.29, 1.82) is 0 Å². The van der Waals surface area contributed by atoms with Crippen molar-refractivity contribution >= 4 is 17.5 Å². The largest absolute Gasteiger partial charge is 0.507 e. The van der Waals surface area contributed by atoms with Crippen LogP contribution in [-0.2, 0) is 5.41 Å². The molecule has 1 N–H and O–H groups in total. The molecule has 0 unspecified atom stereocenters. The minimum absolute atomic E-state index is 0.0997. The molecule has 2 aromatic carbocycles. The first kappa shape index (κ1) is 12.7. The standard InChI is InChI=1S/C18H17NO/c1-18(2)14-8-4-5-9-15(14)19-17(18)12-11-13-7-3-6-10-16(13)20/h3-12,20H,1-2H3. The highest BCUT2D eigenvalue weighted by Gasteiger charge is 2.32. The van der Waals surface area contributed by atoms with Gasteiger partial charge in [-0.1, -0.05) is 50.2 Å². The van der Waals surface area contributed by atoms with Crippen LogP contribution in [0.2, 0.25) is 0 Å². The van der Waals surface area contributed by atoms with Gasteiger partial charge in [0.05, 0.1) is 11.4 Å². The first-order chi connectivity index (χ1) is 9.59. The van der Waals surface area contributed by atoms with Crippen LogP contribution in [0.25, 0.3) is 6.08 Å². The van der Waals surface area contributed by atoms with Crippen molar-refractivity contribution in [3.05, 3.63) is 65.7 Å². The van der Waals surface area contributed by atoms with Gasteiger partial charge < -0.3 is 5.11 Å². The van der Waals surface area contributed by atoms with E-state index in [9.17, 15) is 5.11 Å². The molecule has 1 aliphatic rings. The van der Waals surface area contributed by atoms with Crippen molar-refractivity contribution in [1.82, 2.24) is 0 Å². The number of allylic oxidation sites excluding steroid dienone is 1. The minimum Gasteiger partial charge on any atom is -0.507 e. The lowest BCUT2D eigenvalue weighted by Crippen LogP contribution is -2.23. The number of phenols is 1. The third-order valence-corrected chi connectivity index (χ3v) is 3.82. The highest BCUT2D eigenvalue weighted by molar-refractivity contribution is 6.10. The maximum atomic E-state index is 9.80. The summed E-state index contributed by atoms with van der Waals surface area (Å²) in [5, 5.41) is 9.80. The summed E-state index contributed by atoms with van der Waals surface area (Å²) in [4.78, 5) is 4.70. The third kappa shape index (κ3) is 2.03. The van der Waals surface area contributed by atoms with Gasteiger partial charge in [-0.25, -0.2) is 0 Å². The monoisotopic (exact) mass is 263 g/mol. The normalized spacial score (nSPS) is 16.2. The van der Waals surface area contributed by atoms with Crippen LogP contribution in [0.15, 0.2) is 59.6 Å². The summed E-state index contributed by atoms with van der Waals surface area (Å²) < 4.78 is 0. The first-order valence-electron chi connectivity index (χ1n) is 6.74. The number of phenolic OH excluding ortho intramolecular Hbond substituents is 1. The van der Waals surface area contributed by atoms with Crippen LogP contribution >= 0.6 is 0 Å². The topological polar surface area (TPSA) is 32.6 Å². The summed E-state index contributed by atoms with van der Waals surface area (Å²) in [5.74, 6) is 0.290. The zero-order valence-electron chi connectivity index (χ0n) is 11.7. The summed E-state index contributed by atoms with van der Waals surface area (Å²) in [6, 6.07) is 15.5. The fourth-order valence-electron chi connectivity index (χ4n) is 2.55. The number of rotatable bonds is 2. The van der Waals surface area contributed by atoms with Gasteiger partial charge in [-0.3, -0.25) is 4.99 Å². The molecule has 0 radical (unpaired) electrons. The number of hydrogen-bond acceptors (Lipinski definition) is 2. The zero-order valence-corrected chi connectivity index (χ0v) is 11.7. The molecule has 0 amide bonds. The average molecular weight is 263 g/mol. The van der Waals surface area contributed by atoms with E-state index in [-0.39, 0.29) is 11.2 Å². The van der Waals surface area contributed by atoms with E-state index in [1.54, 1.807) is 6.07 Å². The lowest BCUT2D eigenvalue weighted by Gasteiger charge is -2.20. The van der Waals surface area contributed by atoms with Crippen LogP contribution in [0.3, 0.4) is 0 Å². The Hall–Kier alpha value is -2.35. The molecule has 0 saturated heterocycles. The Balaban J connectivity index is 1.96. The molecule has 2 heteroatoms. The quantitative estimate of drug-likeness (QED) is 0.852. The maximum Gasteiger partial charge on any atom is 0.122 e. The predicted molar refractivity (Wildman–Crippen MR) is 83.7 cm³/mol. The fourth-order valence-corrected chi connectivity index (χ4v) is 2.55. The molecule has 1 heterocycles. The molecule has 100 valence electrons. The van der Waals surface area contributed by atoms with Gasteiger partial charge in [-0.05, 0) is 29.8 Å². The Bertz CT molecular complexity index is 711. The Kier molecular flexibility index (Phi) is 2.94. The Labute approximate surface area is 119 Å². The Morgan fingerprint density at radius 2 is 1.65 bits per heavy atom. The molecule has 0 atom stereocenters. The van der Waals surface area contributed by atoms with E-state index in [1.165, 1.54) is 5.56 Å². The van der Waals surface area contributed by atoms with E-state index in [4.69, 9.17) is 4.99 Å². The number of aromatic hydroxyl groups is 1. The number of aliphatic imine (C=N–C) groups is 1. The van der Waals surface area contributed by atoms with E-state index in [2.05, 4.69) is 19.9 Å². The second-order valence-electron chi connectivity index (χ2n) is 5.53. The van der Waals surface area contributed by atoms with Crippen molar-refractivity contribution in [2.24, 2.45) is 4.99 Å². The van der Waals surface area contributed by atoms with Crippen LogP contribution < -0.4 is 0 Å². The number of nitrogens with zero attached hydrogens (tertiary/aromatic N) is 1. The molecule has 0 aliphatic carbocycles. The molecule has 0 bridgehead atoms. The number of para-hydroxylation sites is 2. The van der Waals surface area contributed by atoms with Gasteiger partial charge in [0.15, 0.2) is 0 Å². The predicted octanol–water partition coefficient (Wildman–Crippen LogP) is 4.47. The second-order valence-corrected chi connectivity index (χ2v) is 5.53. The first-order valence-corrected chi connectivity index (χ1v) is 6.74. The van der Waals surface area contributed by atoms with Gasteiger partial charge in [0, 0.05) is 11.0 Å². The zero-order chi connectivity index (χ0) is 14.2. The summed E-state index contributed by atoms with van der Waals surface area (Å²) in [6.07, 6.45) is 3.91. The summed E-state index contributed by atoms with van der Waals surface area (Å²) in [6.45, 7) is 4.35. The highest BCUT2D eigenvalue weighted by Crippen LogP contribution is 2.40. The molecule has 1 aliphatic heterocycles. The lowest BCUT2D eigenvalue weighted by molar-refractivity contribution is 0.474. The van der Waals surface area contributed by atoms with Crippen molar-refractivity contribution in [2.75, 3.05) is 0 Å². The summed E-state index contributed by atoms with van der Waals surface area (Å²) in [7, 11) is 0. The fraction of sp³-hybridized carbons (Fsp3) is 0.167. The summed E-state index contributed by atoms with van der Waals surface area (Å²) in [5.41, 5.74) is 4.01. The van der Waals surface area contributed by atoms with E-state index >= 15 is 0 Å². The van der Waals surface area contributed by atoms with Gasteiger partial charge in [-0.2, -0.15) is 0 Å². The van der Waals surface area contributed by atoms with Gasteiger partial charge >= 0.3 is 0 Å². The van der Waals surface area contributed by atoms with Crippen LogP contribution in [0, 0.1) is 0 Å². The number of hydrogen-bond donors (Lipinski definition) is 1. The summed E-state index contributed by atoms with van der Waals surface area (Å²) >= 11 is 0. The second kappa shape index (κ2) is 4.64. The molecule has 0 aromatic heterocycles. The lowest BCUT2D eigenvalue weighted by atomic mass is 9.81. The smallest absolute Gasteiger partial charge is 0.122 e. The molecule has 2 aromatic rings. The van der Waals surface area contributed by atoms with E-state index in [1.807, 2.05) is 48.6 Å². The SMILES string of the molecule is CC1(C)C(C=Cc2ccccc2O)=Nc2ccccc21. The molecule has 3 rings (SSSR count). The van der Waals surface area contributed by atoms with Crippen molar-refractivity contribution in [2.45, 2.75) is 19.3 Å². The molecule has 20 heavy (non-hydrogen) atoms. The molecule has 0 spiro atoms. The third-order valence-electron chi connectivity index (χ3n) is 3.82. The number of benzene rings is 2. The Morgan fingerprint density at radius 1 is 0.950 bits per heavy atom. The molecular weight excluding hydrogens is 246 g/mol. The van der Waals surface area contributed by atoms with Crippen LogP contribution in [0.4, 0.5) is 5.69 Å².